The molecule has 0 N–H and O–H groups in total. The van der Waals surface area contributed by atoms with E-state index in [0.29, 0.717) is 23.1 Å². The lowest BCUT2D eigenvalue weighted by Crippen LogP contribution is -2.30. The molecule has 21 heavy (non-hydrogen) atoms. The number of hydrogen-bond acceptors (Lipinski definition) is 3. The van der Waals surface area contributed by atoms with Crippen LogP contribution in [0.5, 0.6) is 0 Å². The minimum Gasteiger partial charge on any atom is -0.458 e. The zero-order valence-electron chi connectivity index (χ0n) is 12.7. The van der Waals surface area contributed by atoms with E-state index in [4.69, 9.17) is 32.7 Å². The number of carbonyl (C=O) groups excluding carboxylic acids is 1. The van der Waals surface area contributed by atoms with Gasteiger partial charge in [-0.25, -0.2) is 4.79 Å². The van der Waals surface area contributed by atoms with E-state index >= 15 is 0 Å². The highest BCUT2D eigenvalue weighted by atomic mass is 35.5. The van der Waals surface area contributed by atoms with Crippen LogP contribution in [0.3, 0.4) is 0 Å². The lowest BCUT2D eigenvalue weighted by molar-refractivity contribution is -0.162. The topological polar surface area (TPSA) is 35.5 Å². The zero-order valence-corrected chi connectivity index (χ0v) is 14.3. The van der Waals surface area contributed by atoms with Crippen molar-refractivity contribution in [1.29, 1.82) is 0 Å². The fourth-order valence-electron chi connectivity index (χ4n) is 2.03. The largest absolute Gasteiger partial charge is 0.458 e. The maximum absolute atomic E-state index is 11.7. The van der Waals surface area contributed by atoms with E-state index in [2.05, 4.69) is 6.92 Å². The first-order valence-electron chi connectivity index (χ1n) is 7.07. The van der Waals surface area contributed by atoms with Gasteiger partial charge in [-0.05, 0) is 44.4 Å². The minimum absolute atomic E-state index is 0.0333. The molecule has 0 spiro atoms. The summed E-state index contributed by atoms with van der Waals surface area (Å²) in [6.07, 6.45) is 2.48. The highest BCUT2D eigenvalue weighted by molar-refractivity contribution is 6.42. The highest BCUT2D eigenvalue weighted by Crippen LogP contribution is 2.22. The Hall–Kier alpha value is -0.770. The van der Waals surface area contributed by atoms with Gasteiger partial charge in [-0.2, -0.15) is 0 Å². The summed E-state index contributed by atoms with van der Waals surface area (Å²) in [5, 5.41) is 1.05. The maximum Gasteiger partial charge on any atom is 0.332 e. The van der Waals surface area contributed by atoms with Crippen LogP contribution in [0.1, 0.15) is 39.2 Å². The molecular weight excluding hydrogens is 311 g/mol. The van der Waals surface area contributed by atoms with E-state index in [-0.39, 0.29) is 12.6 Å². The van der Waals surface area contributed by atoms with Gasteiger partial charge in [-0.3, -0.25) is 0 Å². The van der Waals surface area contributed by atoms with Gasteiger partial charge in [0.1, 0.15) is 12.2 Å². The highest BCUT2D eigenvalue weighted by Gasteiger charge is 2.21. The maximum atomic E-state index is 11.7. The Morgan fingerprint density at radius 2 is 1.95 bits per heavy atom. The quantitative estimate of drug-likeness (QED) is 0.512. The van der Waals surface area contributed by atoms with Crippen molar-refractivity contribution in [2.24, 2.45) is 0 Å². The number of carbonyl (C=O) groups is 1. The molecule has 5 heteroatoms. The van der Waals surface area contributed by atoms with Crippen LogP contribution in [-0.4, -0.2) is 24.8 Å². The molecule has 0 radical (unpaired) electrons. The number of halogens is 2. The summed E-state index contributed by atoms with van der Waals surface area (Å²) in [4.78, 5) is 11.7. The molecule has 0 aromatic heterocycles. The van der Waals surface area contributed by atoms with Crippen molar-refractivity contribution < 1.29 is 14.3 Å². The summed E-state index contributed by atoms with van der Waals surface area (Å²) in [6.45, 7) is 6.27. The van der Waals surface area contributed by atoms with E-state index in [1.807, 2.05) is 19.9 Å². The predicted molar refractivity (Wildman–Crippen MR) is 86.1 cm³/mol. The van der Waals surface area contributed by atoms with Crippen molar-refractivity contribution in [3.63, 3.8) is 0 Å². The van der Waals surface area contributed by atoms with Crippen molar-refractivity contribution in [2.45, 2.75) is 45.6 Å². The van der Waals surface area contributed by atoms with E-state index < -0.39 is 5.60 Å². The first-order valence-corrected chi connectivity index (χ1v) is 7.83. The van der Waals surface area contributed by atoms with E-state index in [1.165, 1.54) is 0 Å². The standard InChI is InChI=1S/C16H22Cl2O3/c1-4-8-16(2,3)21-15(19)11-20-9-7-12-5-6-13(17)14(18)10-12/h5-6,10H,4,7-9,11H2,1-3H3. The number of rotatable bonds is 8. The zero-order chi connectivity index (χ0) is 15.9. The summed E-state index contributed by atoms with van der Waals surface area (Å²) in [5.41, 5.74) is 0.586. The summed E-state index contributed by atoms with van der Waals surface area (Å²) < 4.78 is 10.7. The van der Waals surface area contributed by atoms with Gasteiger partial charge in [0, 0.05) is 0 Å². The molecule has 0 fully saturated rings. The van der Waals surface area contributed by atoms with E-state index in [9.17, 15) is 4.79 Å². The van der Waals surface area contributed by atoms with E-state index in [1.54, 1.807) is 12.1 Å². The molecule has 0 heterocycles. The SMILES string of the molecule is CCCC(C)(C)OC(=O)COCCc1ccc(Cl)c(Cl)c1. The summed E-state index contributed by atoms with van der Waals surface area (Å²) >= 11 is 11.8. The van der Waals surface area contributed by atoms with Crippen molar-refractivity contribution in [3.05, 3.63) is 33.8 Å². The Balaban J connectivity index is 2.27. The van der Waals surface area contributed by atoms with Crippen LogP contribution in [0.2, 0.25) is 10.0 Å². The molecule has 1 rings (SSSR count). The van der Waals surface area contributed by atoms with Gasteiger partial charge in [0.2, 0.25) is 0 Å². The van der Waals surface area contributed by atoms with Gasteiger partial charge in [0.15, 0.2) is 0 Å². The fraction of sp³-hybridized carbons (Fsp3) is 0.562. The third-order valence-corrected chi connectivity index (χ3v) is 3.72. The lowest BCUT2D eigenvalue weighted by Gasteiger charge is -2.24. The van der Waals surface area contributed by atoms with E-state index in [0.717, 1.165) is 18.4 Å². The minimum atomic E-state index is -0.432. The van der Waals surface area contributed by atoms with Crippen molar-refractivity contribution in [2.75, 3.05) is 13.2 Å². The van der Waals surface area contributed by atoms with Gasteiger partial charge >= 0.3 is 5.97 Å². The fourth-order valence-corrected chi connectivity index (χ4v) is 2.35. The molecule has 118 valence electrons. The molecular formula is C16H22Cl2O3. The smallest absolute Gasteiger partial charge is 0.332 e. The molecule has 1 aromatic carbocycles. The second kappa shape index (κ2) is 8.62. The first kappa shape index (κ1) is 18.3. The second-order valence-corrected chi connectivity index (χ2v) is 6.35. The predicted octanol–water partition coefficient (Wildman–Crippen LogP) is 4.67. The summed E-state index contributed by atoms with van der Waals surface area (Å²) in [5.74, 6) is -0.331. The third-order valence-electron chi connectivity index (χ3n) is 2.98. The molecule has 3 nitrogen and oxygen atoms in total. The van der Waals surface area contributed by atoms with Gasteiger partial charge in [-0.15, -0.1) is 0 Å². The molecule has 0 atom stereocenters. The molecule has 0 aliphatic carbocycles. The van der Waals surface area contributed by atoms with Crippen LogP contribution in [-0.2, 0) is 20.7 Å². The average molecular weight is 333 g/mol. The Morgan fingerprint density at radius 3 is 2.57 bits per heavy atom. The number of benzene rings is 1. The molecule has 0 amide bonds. The van der Waals surface area contributed by atoms with Crippen LogP contribution in [0.15, 0.2) is 18.2 Å². The Morgan fingerprint density at radius 1 is 1.24 bits per heavy atom. The number of ether oxygens (including phenoxy) is 2. The molecule has 1 aromatic rings. The Labute approximate surface area is 136 Å². The molecule has 0 saturated carbocycles. The van der Waals surface area contributed by atoms with Crippen LogP contribution >= 0.6 is 23.2 Å². The van der Waals surface area contributed by atoms with Crippen molar-refractivity contribution in [1.82, 2.24) is 0 Å². The Kier molecular flexibility index (Phi) is 7.50. The van der Waals surface area contributed by atoms with Crippen LogP contribution in [0.4, 0.5) is 0 Å². The molecule has 0 saturated heterocycles. The summed E-state index contributed by atoms with van der Waals surface area (Å²) in [6, 6.07) is 5.44. The average Bonchev–Trinajstić information content (AvgIpc) is 2.38. The lowest BCUT2D eigenvalue weighted by atomic mass is 10.0. The second-order valence-electron chi connectivity index (χ2n) is 5.53. The van der Waals surface area contributed by atoms with Gasteiger partial charge in [0.05, 0.1) is 16.7 Å². The number of hydrogen-bond donors (Lipinski definition) is 0. The van der Waals surface area contributed by atoms with Crippen LogP contribution in [0, 0.1) is 0 Å². The number of esters is 1. The van der Waals surface area contributed by atoms with Crippen LogP contribution in [0.25, 0.3) is 0 Å². The Bertz CT molecular complexity index is 473. The van der Waals surface area contributed by atoms with Gasteiger partial charge in [-0.1, -0.05) is 42.6 Å². The third kappa shape index (κ3) is 7.16. The van der Waals surface area contributed by atoms with Crippen LogP contribution < -0.4 is 0 Å². The summed E-state index contributed by atoms with van der Waals surface area (Å²) in [7, 11) is 0. The van der Waals surface area contributed by atoms with Gasteiger partial charge < -0.3 is 9.47 Å². The molecule has 0 aliphatic rings. The monoisotopic (exact) mass is 332 g/mol. The van der Waals surface area contributed by atoms with Crippen molar-refractivity contribution in [3.8, 4) is 0 Å². The molecule has 0 bridgehead atoms. The normalized spacial score (nSPS) is 11.5. The van der Waals surface area contributed by atoms with Crippen molar-refractivity contribution >= 4 is 29.2 Å². The molecule has 0 unspecified atom stereocenters. The molecule has 0 aliphatic heterocycles. The first-order chi connectivity index (χ1) is 9.84. The van der Waals surface area contributed by atoms with Gasteiger partial charge in [0.25, 0.3) is 0 Å².